The zero-order valence-electron chi connectivity index (χ0n) is 13.5. The summed E-state index contributed by atoms with van der Waals surface area (Å²) in [6.45, 7) is 6.62. The molecule has 0 amide bonds. The third-order valence-corrected chi connectivity index (χ3v) is 4.16. The lowest BCUT2D eigenvalue weighted by Crippen LogP contribution is -2.18. The number of nitrogen functional groups attached to an aromatic ring is 1. The van der Waals surface area contributed by atoms with E-state index < -0.39 is 13.1 Å². The lowest BCUT2D eigenvalue weighted by molar-refractivity contribution is 0.349. The first-order chi connectivity index (χ1) is 11.1. The molecule has 3 heterocycles. The molecule has 0 aliphatic carbocycles. The van der Waals surface area contributed by atoms with Gasteiger partial charge >= 0.3 is 7.60 Å². The highest BCUT2D eigenvalue weighted by atomic mass is 31.2. The van der Waals surface area contributed by atoms with Crippen LogP contribution in [-0.2, 0) is 11.1 Å². The van der Waals surface area contributed by atoms with Crippen LogP contribution in [-0.4, -0.2) is 29.3 Å². The lowest BCUT2D eigenvalue weighted by atomic mass is 9.97. The molecular formula is C14H18N5O4P. The molecule has 3 aromatic heterocycles. The highest BCUT2D eigenvalue weighted by molar-refractivity contribution is 7.60. The predicted molar refractivity (Wildman–Crippen MR) is 88.6 cm³/mol. The van der Waals surface area contributed by atoms with Crippen molar-refractivity contribution in [3.63, 3.8) is 0 Å². The van der Waals surface area contributed by atoms with Crippen molar-refractivity contribution in [1.29, 1.82) is 0 Å². The average molecular weight is 351 g/mol. The fourth-order valence-corrected chi connectivity index (χ4v) is 3.15. The Labute approximate surface area is 137 Å². The maximum atomic E-state index is 11.7. The van der Waals surface area contributed by atoms with Gasteiger partial charge in [0.15, 0.2) is 5.65 Å². The summed E-state index contributed by atoms with van der Waals surface area (Å²) in [5.41, 5.74) is 6.34. The van der Waals surface area contributed by atoms with Crippen LogP contribution in [0.4, 0.5) is 5.95 Å². The molecule has 24 heavy (non-hydrogen) atoms. The van der Waals surface area contributed by atoms with Gasteiger partial charge in [-0.25, -0.2) is 9.97 Å². The Balaban J connectivity index is 2.30. The van der Waals surface area contributed by atoms with E-state index in [0.717, 1.165) is 0 Å². The molecule has 3 rings (SSSR count). The van der Waals surface area contributed by atoms with Crippen LogP contribution in [0.25, 0.3) is 22.6 Å². The molecule has 0 atom stereocenters. The second-order valence-electron chi connectivity index (χ2n) is 6.70. The molecule has 0 fully saturated rings. The third-order valence-electron chi connectivity index (χ3n) is 3.29. The fraction of sp³-hybridized carbons (Fsp3) is 0.357. The SMILES string of the molecule is CC(C)(C)Cn1c(-c2ccoc2P(=O)(O)O)nc2cnc(N)nc21. The van der Waals surface area contributed by atoms with Crippen LogP contribution >= 0.6 is 7.60 Å². The summed E-state index contributed by atoms with van der Waals surface area (Å²) >= 11 is 0. The number of fused-ring (bicyclic) bond motifs is 1. The number of imidazole rings is 1. The van der Waals surface area contributed by atoms with Crippen LogP contribution in [0, 0.1) is 5.41 Å². The van der Waals surface area contributed by atoms with Gasteiger partial charge < -0.3 is 24.5 Å². The molecule has 0 saturated carbocycles. The standard InChI is InChI=1S/C14H18N5O4P/c1-14(2,3)7-19-10(8-4-5-23-12(8)24(20,21)22)17-9-6-16-13(15)18-11(9)19/h4-6H,7H2,1-3H3,(H2,15,16,18)(H2,20,21,22). The predicted octanol–water partition coefficient (Wildman–Crippen LogP) is 1.52. The molecule has 0 bridgehead atoms. The van der Waals surface area contributed by atoms with Crippen molar-refractivity contribution in [1.82, 2.24) is 19.5 Å². The minimum absolute atomic E-state index is 0.103. The number of hydrogen-bond acceptors (Lipinski definition) is 6. The molecule has 0 spiro atoms. The quantitative estimate of drug-likeness (QED) is 0.603. The van der Waals surface area contributed by atoms with Gasteiger partial charge in [0.25, 0.3) is 0 Å². The van der Waals surface area contributed by atoms with Crippen molar-refractivity contribution in [2.45, 2.75) is 27.3 Å². The zero-order valence-corrected chi connectivity index (χ0v) is 14.4. The van der Waals surface area contributed by atoms with Gasteiger partial charge in [-0.15, -0.1) is 0 Å². The van der Waals surface area contributed by atoms with E-state index in [1.54, 1.807) is 4.57 Å². The Morgan fingerprint density at radius 1 is 1.33 bits per heavy atom. The van der Waals surface area contributed by atoms with Crippen LogP contribution in [0.5, 0.6) is 0 Å². The number of nitrogens with zero attached hydrogens (tertiary/aromatic N) is 4. The Morgan fingerprint density at radius 3 is 2.67 bits per heavy atom. The van der Waals surface area contributed by atoms with Gasteiger partial charge in [-0.3, -0.25) is 4.57 Å². The van der Waals surface area contributed by atoms with E-state index in [2.05, 4.69) is 15.0 Å². The number of nitrogens with two attached hydrogens (primary N) is 1. The first-order valence-electron chi connectivity index (χ1n) is 7.19. The van der Waals surface area contributed by atoms with Gasteiger partial charge in [0, 0.05) is 6.54 Å². The number of rotatable bonds is 3. The van der Waals surface area contributed by atoms with Gasteiger partial charge in [-0.1, -0.05) is 20.8 Å². The van der Waals surface area contributed by atoms with E-state index >= 15 is 0 Å². The summed E-state index contributed by atoms with van der Waals surface area (Å²) in [7, 11) is -4.58. The van der Waals surface area contributed by atoms with E-state index in [1.807, 2.05) is 20.8 Å². The first kappa shape index (κ1) is 16.6. The van der Waals surface area contributed by atoms with E-state index in [1.165, 1.54) is 18.5 Å². The van der Waals surface area contributed by atoms with Crippen LogP contribution in [0.15, 0.2) is 22.9 Å². The Kier molecular flexibility index (Phi) is 3.75. The van der Waals surface area contributed by atoms with Crippen LogP contribution < -0.4 is 11.2 Å². The largest absolute Gasteiger partial charge is 0.456 e. The second-order valence-corrected chi connectivity index (χ2v) is 8.20. The van der Waals surface area contributed by atoms with Gasteiger partial charge in [0.1, 0.15) is 11.3 Å². The summed E-state index contributed by atoms with van der Waals surface area (Å²) in [5, 5.41) is 0. The zero-order chi connectivity index (χ0) is 17.7. The fourth-order valence-electron chi connectivity index (χ4n) is 2.46. The van der Waals surface area contributed by atoms with Crippen molar-refractivity contribution < 1.29 is 18.8 Å². The van der Waals surface area contributed by atoms with Crippen molar-refractivity contribution in [3.05, 3.63) is 18.5 Å². The molecule has 4 N–H and O–H groups in total. The highest BCUT2D eigenvalue weighted by Crippen LogP contribution is 2.39. The van der Waals surface area contributed by atoms with Gasteiger partial charge in [-0.05, 0) is 11.5 Å². The van der Waals surface area contributed by atoms with E-state index in [0.29, 0.717) is 23.5 Å². The molecule has 0 aromatic carbocycles. The summed E-state index contributed by atoms with van der Waals surface area (Å²) in [6.07, 6.45) is 2.71. The van der Waals surface area contributed by atoms with E-state index in [9.17, 15) is 14.4 Å². The van der Waals surface area contributed by atoms with Gasteiger partial charge in [-0.2, -0.15) is 4.98 Å². The number of furan rings is 1. The molecule has 128 valence electrons. The van der Waals surface area contributed by atoms with Crippen LogP contribution in [0.2, 0.25) is 0 Å². The van der Waals surface area contributed by atoms with Crippen molar-refractivity contribution in [2.24, 2.45) is 5.41 Å². The molecule has 9 nitrogen and oxygen atoms in total. The van der Waals surface area contributed by atoms with Crippen LogP contribution in [0.1, 0.15) is 20.8 Å². The summed E-state index contributed by atoms with van der Waals surface area (Å²) in [4.78, 5) is 31.6. The Hall–Kier alpha value is -2.22. The number of anilines is 1. The Bertz CT molecular complexity index is 950. The molecule has 10 heteroatoms. The molecular weight excluding hydrogens is 333 g/mol. The first-order valence-corrected chi connectivity index (χ1v) is 8.80. The normalized spacial score (nSPS) is 12.9. The minimum Gasteiger partial charge on any atom is -0.456 e. The summed E-state index contributed by atoms with van der Waals surface area (Å²) < 4.78 is 18.5. The molecule has 0 aliphatic rings. The third kappa shape index (κ3) is 3.06. The van der Waals surface area contributed by atoms with Crippen molar-refractivity contribution in [3.8, 4) is 11.4 Å². The Morgan fingerprint density at radius 2 is 2.04 bits per heavy atom. The molecule has 0 aliphatic heterocycles. The van der Waals surface area contributed by atoms with Gasteiger partial charge in [0.05, 0.1) is 18.0 Å². The van der Waals surface area contributed by atoms with Crippen LogP contribution in [0.3, 0.4) is 0 Å². The van der Waals surface area contributed by atoms with Crippen molar-refractivity contribution >= 4 is 30.2 Å². The van der Waals surface area contributed by atoms with Crippen molar-refractivity contribution in [2.75, 3.05) is 5.73 Å². The average Bonchev–Trinajstić information content (AvgIpc) is 3.02. The smallest absolute Gasteiger partial charge is 0.391 e. The molecule has 3 aromatic rings. The molecule has 0 unspecified atom stereocenters. The summed E-state index contributed by atoms with van der Waals surface area (Å²) in [5.74, 6) is 0.457. The second kappa shape index (κ2) is 5.41. The summed E-state index contributed by atoms with van der Waals surface area (Å²) in [6, 6.07) is 1.48. The molecule has 0 saturated heterocycles. The maximum Gasteiger partial charge on any atom is 0.391 e. The van der Waals surface area contributed by atoms with E-state index in [4.69, 9.17) is 10.2 Å². The topological polar surface area (TPSA) is 140 Å². The lowest BCUT2D eigenvalue weighted by Gasteiger charge is -2.20. The highest BCUT2D eigenvalue weighted by Gasteiger charge is 2.30. The maximum absolute atomic E-state index is 11.7. The number of aromatic nitrogens is 4. The monoisotopic (exact) mass is 351 g/mol. The minimum atomic E-state index is -4.58. The number of hydrogen-bond donors (Lipinski definition) is 3. The molecule has 0 radical (unpaired) electrons. The van der Waals surface area contributed by atoms with E-state index in [-0.39, 0.29) is 16.9 Å². The van der Waals surface area contributed by atoms with Gasteiger partial charge in [0.2, 0.25) is 11.4 Å².